The highest BCUT2D eigenvalue weighted by Gasteiger charge is 2.12. The van der Waals surface area contributed by atoms with E-state index in [0.29, 0.717) is 11.3 Å². The van der Waals surface area contributed by atoms with Crippen molar-refractivity contribution in [2.75, 3.05) is 13.2 Å². The van der Waals surface area contributed by atoms with E-state index in [0.717, 1.165) is 0 Å². The minimum Gasteiger partial charge on any atom is -0.491 e. The molecule has 0 aliphatic heterocycles. The van der Waals surface area contributed by atoms with Crippen LogP contribution < -0.4 is 4.74 Å². The maximum Gasteiger partial charge on any atom is 0.272 e. The second kappa shape index (κ2) is 7.06. The van der Waals surface area contributed by atoms with Gasteiger partial charge in [-0.2, -0.15) is 0 Å². The molecule has 19 heavy (non-hydrogen) atoms. The van der Waals surface area contributed by atoms with Crippen LogP contribution in [0.3, 0.4) is 0 Å². The molecule has 0 bridgehead atoms. The molecule has 1 aromatic carbocycles. The highest BCUT2D eigenvalue weighted by atomic mass is 16.6. The molecule has 1 atom stereocenters. The quantitative estimate of drug-likeness (QED) is 0.605. The minimum atomic E-state index is -0.724. The van der Waals surface area contributed by atoms with Crippen molar-refractivity contribution in [2.45, 2.75) is 33.0 Å². The normalized spacial score (nSPS) is 12.5. The molecule has 6 nitrogen and oxygen atoms in total. The van der Waals surface area contributed by atoms with Gasteiger partial charge in [0.05, 0.1) is 17.6 Å². The zero-order valence-electron chi connectivity index (χ0n) is 11.3. The number of aryl methyl sites for hydroxylation is 1. The third kappa shape index (κ3) is 5.23. The molecule has 0 fully saturated rings. The molecule has 0 unspecified atom stereocenters. The summed E-state index contributed by atoms with van der Waals surface area (Å²) in [6.45, 7) is 5.69. The van der Waals surface area contributed by atoms with Gasteiger partial charge in [0.1, 0.15) is 18.5 Å². The van der Waals surface area contributed by atoms with Crippen LogP contribution in [0.1, 0.15) is 19.4 Å². The molecular formula is C13H19NO5. The van der Waals surface area contributed by atoms with Gasteiger partial charge in [-0.1, -0.05) is 0 Å². The molecule has 106 valence electrons. The predicted octanol–water partition coefficient (Wildman–Crippen LogP) is 2.07. The van der Waals surface area contributed by atoms with E-state index in [2.05, 4.69) is 0 Å². The Labute approximate surface area is 112 Å². The fraction of sp³-hybridized carbons (Fsp3) is 0.538. The molecule has 0 saturated carbocycles. The Morgan fingerprint density at radius 2 is 2.05 bits per heavy atom. The molecule has 1 rings (SSSR count). The van der Waals surface area contributed by atoms with E-state index >= 15 is 0 Å². The highest BCUT2D eigenvalue weighted by molar-refractivity contribution is 5.44. The van der Waals surface area contributed by atoms with Gasteiger partial charge in [0.2, 0.25) is 0 Å². The molecule has 0 spiro atoms. The van der Waals surface area contributed by atoms with Gasteiger partial charge >= 0.3 is 0 Å². The van der Waals surface area contributed by atoms with E-state index in [1.807, 2.05) is 13.8 Å². The molecule has 1 aromatic rings. The lowest BCUT2D eigenvalue weighted by Crippen LogP contribution is -2.25. The summed E-state index contributed by atoms with van der Waals surface area (Å²) in [5.41, 5.74) is 0.575. The first-order valence-electron chi connectivity index (χ1n) is 6.07. The first-order valence-corrected chi connectivity index (χ1v) is 6.07. The van der Waals surface area contributed by atoms with Gasteiger partial charge in [-0.25, -0.2) is 0 Å². The Balaban J connectivity index is 2.50. The highest BCUT2D eigenvalue weighted by Crippen LogP contribution is 2.23. The number of aliphatic hydroxyl groups excluding tert-OH is 1. The van der Waals surface area contributed by atoms with Crippen LogP contribution in [-0.4, -0.2) is 35.5 Å². The van der Waals surface area contributed by atoms with Crippen LogP contribution in [0.2, 0.25) is 0 Å². The van der Waals surface area contributed by atoms with Crippen LogP contribution in [0.5, 0.6) is 5.75 Å². The Morgan fingerprint density at radius 1 is 1.37 bits per heavy atom. The average molecular weight is 269 g/mol. The number of nitro groups is 1. The van der Waals surface area contributed by atoms with E-state index in [1.165, 1.54) is 12.1 Å². The lowest BCUT2D eigenvalue weighted by atomic mass is 10.2. The van der Waals surface area contributed by atoms with Crippen LogP contribution in [0.25, 0.3) is 0 Å². The molecule has 6 heteroatoms. The number of hydrogen-bond donors (Lipinski definition) is 1. The minimum absolute atomic E-state index is 0.0519. The standard InChI is InChI=1S/C13H19NO5/c1-9(2)18-7-11(15)8-19-12-4-5-13(14(16)17)10(3)6-12/h4-6,9,11,15H,7-8H2,1-3H3/t11-/m0/s1. The number of ether oxygens (including phenoxy) is 2. The van der Waals surface area contributed by atoms with Crippen LogP contribution in [-0.2, 0) is 4.74 Å². The summed E-state index contributed by atoms with van der Waals surface area (Å²) < 4.78 is 10.6. The summed E-state index contributed by atoms with van der Waals surface area (Å²) in [4.78, 5) is 10.2. The van der Waals surface area contributed by atoms with Crippen molar-refractivity contribution in [3.05, 3.63) is 33.9 Å². The second-order valence-corrected chi connectivity index (χ2v) is 4.55. The van der Waals surface area contributed by atoms with Crippen molar-refractivity contribution in [3.63, 3.8) is 0 Å². The summed E-state index contributed by atoms with van der Waals surface area (Å²) in [7, 11) is 0. The molecule has 0 amide bonds. The third-order valence-corrected chi connectivity index (χ3v) is 2.43. The van der Waals surface area contributed by atoms with Gasteiger partial charge in [-0.05, 0) is 32.9 Å². The Kier molecular flexibility index (Phi) is 5.72. The maximum atomic E-state index is 10.7. The number of hydrogen-bond acceptors (Lipinski definition) is 5. The van der Waals surface area contributed by atoms with E-state index in [4.69, 9.17) is 9.47 Å². The Morgan fingerprint density at radius 3 is 2.58 bits per heavy atom. The zero-order chi connectivity index (χ0) is 14.4. The fourth-order valence-electron chi connectivity index (χ4n) is 1.47. The maximum absolute atomic E-state index is 10.7. The van der Waals surface area contributed by atoms with Gasteiger partial charge in [0, 0.05) is 11.6 Å². The van der Waals surface area contributed by atoms with E-state index in [-0.39, 0.29) is 25.0 Å². The van der Waals surface area contributed by atoms with Gasteiger partial charge in [-0.15, -0.1) is 0 Å². The molecule has 1 N–H and O–H groups in total. The second-order valence-electron chi connectivity index (χ2n) is 4.55. The summed E-state index contributed by atoms with van der Waals surface area (Å²) in [6, 6.07) is 4.48. The smallest absolute Gasteiger partial charge is 0.272 e. The predicted molar refractivity (Wildman–Crippen MR) is 70.4 cm³/mol. The van der Waals surface area contributed by atoms with Gasteiger partial charge < -0.3 is 14.6 Å². The molecule has 0 aromatic heterocycles. The lowest BCUT2D eigenvalue weighted by Gasteiger charge is -2.14. The number of nitro benzene ring substituents is 1. The molecule has 0 radical (unpaired) electrons. The summed E-state index contributed by atoms with van der Waals surface area (Å²) >= 11 is 0. The number of benzene rings is 1. The lowest BCUT2D eigenvalue weighted by molar-refractivity contribution is -0.385. The van der Waals surface area contributed by atoms with Gasteiger partial charge in [0.25, 0.3) is 5.69 Å². The largest absolute Gasteiger partial charge is 0.491 e. The third-order valence-electron chi connectivity index (χ3n) is 2.43. The number of rotatable bonds is 7. The van der Waals surface area contributed by atoms with E-state index < -0.39 is 11.0 Å². The topological polar surface area (TPSA) is 81.8 Å². The summed E-state index contributed by atoms with van der Waals surface area (Å²) in [5, 5.41) is 20.3. The van der Waals surface area contributed by atoms with Crippen molar-refractivity contribution in [2.24, 2.45) is 0 Å². The molecule has 0 aliphatic carbocycles. The Bertz CT molecular complexity index is 433. The van der Waals surface area contributed by atoms with Crippen molar-refractivity contribution in [1.82, 2.24) is 0 Å². The number of aliphatic hydroxyl groups is 1. The molecule has 0 heterocycles. The van der Waals surface area contributed by atoms with E-state index in [9.17, 15) is 15.2 Å². The van der Waals surface area contributed by atoms with Crippen molar-refractivity contribution >= 4 is 5.69 Å². The van der Waals surface area contributed by atoms with E-state index in [1.54, 1.807) is 13.0 Å². The van der Waals surface area contributed by atoms with Gasteiger partial charge in [0.15, 0.2) is 0 Å². The molecule has 0 aliphatic rings. The van der Waals surface area contributed by atoms with Crippen molar-refractivity contribution < 1.29 is 19.5 Å². The number of nitrogens with zero attached hydrogens (tertiary/aromatic N) is 1. The van der Waals surface area contributed by atoms with Crippen LogP contribution in [0.4, 0.5) is 5.69 Å². The van der Waals surface area contributed by atoms with Gasteiger partial charge in [-0.3, -0.25) is 10.1 Å². The van der Waals surface area contributed by atoms with Crippen LogP contribution in [0, 0.1) is 17.0 Å². The molecular weight excluding hydrogens is 250 g/mol. The SMILES string of the molecule is Cc1cc(OC[C@@H](O)COC(C)C)ccc1[N+](=O)[O-]. The van der Waals surface area contributed by atoms with Crippen molar-refractivity contribution in [3.8, 4) is 5.75 Å². The summed E-state index contributed by atoms with van der Waals surface area (Å²) in [6.07, 6.45) is -0.672. The first-order chi connectivity index (χ1) is 8.90. The molecule has 0 saturated heterocycles. The zero-order valence-corrected chi connectivity index (χ0v) is 11.3. The summed E-state index contributed by atoms with van der Waals surface area (Å²) in [5.74, 6) is 0.492. The first kappa shape index (κ1) is 15.4. The van der Waals surface area contributed by atoms with Crippen LogP contribution >= 0.6 is 0 Å². The monoisotopic (exact) mass is 269 g/mol. The average Bonchev–Trinajstić information content (AvgIpc) is 2.33. The van der Waals surface area contributed by atoms with Crippen LogP contribution in [0.15, 0.2) is 18.2 Å². The van der Waals surface area contributed by atoms with Crippen molar-refractivity contribution in [1.29, 1.82) is 0 Å². The fourth-order valence-corrected chi connectivity index (χ4v) is 1.47. The Hall–Kier alpha value is -1.66.